The highest BCUT2D eigenvalue weighted by Gasteiger charge is 2.48. The van der Waals surface area contributed by atoms with Crippen molar-refractivity contribution >= 4 is 29.2 Å². The molecule has 0 aromatic carbocycles. The molecule has 0 fully saturated rings. The van der Waals surface area contributed by atoms with Crippen LogP contribution in [0.4, 0.5) is 4.79 Å². The molecule has 1 aliphatic heterocycles. The highest BCUT2D eigenvalue weighted by Crippen LogP contribution is 2.46. The fourth-order valence-corrected chi connectivity index (χ4v) is 3.96. The van der Waals surface area contributed by atoms with Gasteiger partial charge in [-0.15, -0.1) is 11.3 Å². The number of carbonyl (C=O) groups excluding carboxylic acids is 3. The predicted octanol–water partition coefficient (Wildman–Crippen LogP) is 4.10. The molecule has 1 aromatic rings. The second-order valence-corrected chi connectivity index (χ2v) is 8.68. The van der Waals surface area contributed by atoms with Gasteiger partial charge in [-0.25, -0.2) is 4.79 Å². The summed E-state index contributed by atoms with van der Waals surface area (Å²) in [6.07, 6.45) is -0.900. The first-order valence-electron chi connectivity index (χ1n) is 7.64. The summed E-state index contributed by atoms with van der Waals surface area (Å²) in [7, 11) is 0. The number of rotatable bonds is 1. The molecule has 0 spiro atoms. The van der Waals surface area contributed by atoms with Gasteiger partial charge in [-0.3, -0.25) is 9.59 Å². The maximum atomic E-state index is 12.7. The number of ether oxygens (including phenoxy) is 1. The average molecular weight is 337 g/mol. The van der Waals surface area contributed by atoms with Gasteiger partial charge in [0.15, 0.2) is 0 Å². The minimum absolute atomic E-state index is 0.112. The highest BCUT2D eigenvalue weighted by atomic mass is 32.1. The van der Waals surface area contributed by atoms with E-state index in [1.165, 1.54) is 11.3 Å². The fraction of sp³-hybridized carbons (Fsp3) is 0.588. The summed E-state index contributed by atoms with van der Waals surface area (Å²) in [5.41, 5.74) is 0.147. The van der Waals surface area contributed by atoms with Crippen LogP contribution in [0.25, 0.3) is 0 Å². The molecule has 23 heavy (non-hydrogen) atoms. The third-order valence-corrected chi connectivity index (χ3v) is 5.60. The Hall–Kier alpha value is -1.69. The van der Waals surface area contributed by atoms with Gasteiger partial charge >= 0.3 is 6.09 Å². The molecule has 0 saturated heterocycles. The van der Waals surface area contributed by atoms with E-state index in [9.17, 15) is 14.4 Å². The predicted molar refractivity (Wildman–Crippen MR) is 89.2 cm³/mol. The van der Waals surface area contributed by atoms with E-state index in [0.717, 1.165) is 9.75 Å². The molecule has 5 nitrogen and oxygen atoms in total. The quantitative estimate of drug-likeness (QED) is 0.724. The molecule has 0 aliphatic carbocycles. The molecule has 126 valence electrons. The van der Waals surface area contributed by atoms with E-state index >= 15 is 0 Å². The SMILES string of the molecule is CCOC(=O)N1C(=O)c2c(C(C)(C)C)sc(C(C)(C)C)c2C1=O. The monoisotopic (exact) mass is 337 g/mol. The van der Waals surface area contributed by atoms with Crippen LogP contribution in [-0.4, -0.2) is 29.4 Å². The van der Waals surface area contributed by atoms with Crippen molar-refractivity contribution in [3.63, 3.8) is 0 Å². The van der Waals surface area contributed by atoms with Gasteiger partial charge in [0.1, 0.15) is 0 Å². The van der Waals surface area contributed by atoms with Crippen molar-refractivity contribution in [2.24, 2.45) is 0 Å². The first kappa shape index (κ1) is 17.7. The number of amides is 3. The average Bonchev–Trinajstić information content (AvgIpc) is 2.87. The third kappa shape index (κ3) is 2.80. The molecule has 2 rings (SSSR count). The van der Waals surface area contributed by atoms with Gasteiger partial charge in [-0.2, -0.15) is 4.90 Å². The number of fused-ring (bicyclic) bond motifs is 1. The molecule has 0 saturated carbocycles. The largest absolute Gasteiger partial charge is 0.449 e. The molecule has 0 bridgehead atoms. The summed E-state index contributed by atoms with van der Waals surface area (Å²) in [5, 5.41) is 0. The Morgan fingerprint density at radius 2 is 1.35 bits per heavy atom. The van der Waals surface area contributed by atoms with Crippen LogP contribution in [0.2, 0.25) is 0 Å². The van der Waals surface area contributed by atoms with Crippen molar-refractivity contribution in [2.75, 3.05) is 6.61 Å². The number of carbonyl (C=O) groups is 3. The van der Waals surface area contributed by atoms with Crippen molar-refractivity contribution < 1.29 is 19.1 Å². The van der Waals surface area contributed by atoms with Crippen LogP contribution >= 0.6 is 11.3 Å². The Labute approximate surface area is 140 Å². The molecule has 3 amide bonds. The summed E-state index contributed by atoms with van der Waals surface area (Å²) in [6, 6.07) is 0. The minimum Gasteiger partial charge on any atom is -0.449 e. The first-order valence-corrected chi connectivity index (χ1v) is 8.46. The van der Waals surface area contributed by atoms with E-state index in [-0.39, 0.29) is 17.4 Å². The lowest BCUT2D eigenvalue weighted by atomic mass is 9.87. The highest BCUT2D eigenvalue weighted by molar-refractivity contribution is 7.13. The number of imide groups is 3. The van der Waals surface area contributed by atoms with Crippen molar-refractivity contribution in [1.29, 1.82) is 0 Å². The molecule has 1 aromatic heterocycles. The summed E-state index contributed by atoms with van der Waals surface area (Å²) >= 11 is 1.49. The number of thiophene rings is 1. The van der Waals surface area contributed by atoms with E-state index in [0.29, 0.717) is 16.0 Å². The second-order valence-electron chi connectivity index (χ2n) is 7.65. The molecule has 0 radical (unpaired) electrons. The lowest BCUT2D eigenvalue weighted by Gasteiger charge is -2.21. The fourth-order valence-electron chi connectivity index (χ4n) is 2.57. The molecular weight excluding hydrogens is 314 g/mol. The first-order chi connectivity index (χ1) is 10.4. The van der Waals surface area contributed by atoms with Gasteiger partial charge in [0.25, 0.3) is 11.8 Å². The zero-order valence-electron chi connectivity index (χ0n) is 14.7. The van der Waals surface area contributed by atoms with Crippen LogP contribution in [0.15, 0.2) is 0 Å². The number of hydrogen-bond acceptors (Lipinski definition) is 5. The van der Waals surface area contributed by atoms with Crippen LogP contribution in [0.1, 0.15) is 78.9 Å². The van der Waals surface area contributed by atoms with E-state index < -0.39 is 17.9 Å². The summed E-state index contributed by atoms with van der Waals surface area (Å²) < 4.78 is 4.87. The zero-order chi connectivity index (χ0) is 17.7. The minimum atomic E-state index is -0.900. The molecular formula is C17H23NO4S. The van der Waals surface area contributed by atoms with E-state index in [4.69, 9.17) is 4.74 Å². The lowest BCUT2D eigenvalue weighted by molar-refractivity contribution is 0.0594. The Bertz CT molecular complexity index is 640. The van der Waals surface area contributed by atoms with Crippen molar-refractivity contribution in [1.82, 2.24) is 4.90 Å². The summed E-state index contributed by atoms with van der Waals surface area (Å²) in [6.45, 7) is 13.7. The van der Waals surface area contributed by atoms with E-state index in [1.807, 2.05) is 41.5 Å². The number of hydrogen-bond donors (Lipinski definition) is 0. The van der Waals surface area contributed by atoms with Gasteiger partial charge in [-0.1, -0.05) is 41.5 Å². The molecule has 0 unspecified atom stereocenters. The summed E-state index contributed by atoms with van der Waals surface area (Å²) in [5.74, 6) is -1.14. The van der Waals surface area contributed by atoms with Crippen LogP contribution in [0.3, 0.4) is 0 Å². The number of nitrogens with zero attached hydrogens (tertiary/aromatic N) is 1. The van der Waals surface area contributed by atoms with Crippen molar-refractivity contribution in [3.8, 4) is 0 Å². The smallest absolute Gasteiger partial charge is 0.424 e. The molecule has 2 heterocycles. The Kier molecular flexibility index (Phi) is 4.18. The lowest BCUT2D eigenvalue weighted by Crippen LogP contribution is -2.37. The molecule has 0 N–H and O–H groups in total. The van der Waals surface area contributed by atoms with Gasteiger partial charge in [0, 0.05) is 9.75 Å². The Morgan fingerprint density at radius 3 is 1.65 bits per heavy atom. The molecule has 0 atom stereocenters. The summed E-state index contributed by atoms with van der Waals surface area (Å²) in [4.78, 5) is 39.8. The van der Waals surface area contributed by atoms with Gasteiger partial charge in [-0.05, 0) is 17.8 Å². The van der Waals surface area contributed by atoms with Crippen molar-refractivity contribution in [2.45, 2.75) is 59.3 Å². The maximum absolute atomic E-state index is 12.7. The Morgan fingerprint density at radius 1 is 0.957 bits per heavy atom. The van der Waals surface area contributed by atoms with Gasteiger partial charge < -0.3 is 4.74 Å². The Balaban J connectivity index is 2.70. The van der Waals surface area contributed by atoms with Crippen LogP contribution in [0.5, 0.6) is 0 Å². The third-order valence-electron chi connectivity index (χ3n) is 3.55. The van der Waals surface area contributed by atoms with Crippen LogP contribution < -0.4 is 0 Å². The van der Waals surface area contributed by atoms with E-state index in [2.05, 4.69) is 0 Å². The maximum Gasteiger partial charge on any atom is 0.424 e. The zero-order valence-corrected chi connectivity index (χ0v) is 15.5. The standard InChI is InChI=1S/C17H23NO4S/c1-8-22-15(21)18-13(19)9-10(14(18)20)12(17(5,6)7)23-11(9)16(2,3)4/h8H2,1-7H3. The van der Waals surface area contributed by atoms with Gasteiger partial charge in [0.2, 0.25) is 0 Å². The van der Waals surface area contributed by atoms with Crippen LogP contribution in [-0.2, 0) is 15.6 Å². The van der Waals surface area contributed by atoms with Crippen molar-refractivity contribution in [3.05, 3.63) is 20.9 Å². The topological polar surface area (TPSA) is 63.7 Å². The second kappa shape index (κ2) is 5.44. The van der Waals surface area contributed by atoms with Gasteiger partial charge in [0.05, 0.1) is 17.7 Å². The molecule has 1 aliphatic rings. The van der Waals surface area contributed by atoms with E-state index in [1.54, 1.807) is 6.92 Å². The van der Waals surface area contributed by atoms with Crippen LogP contribution in [0, 0.1) is 0 Å². The normalized spacial score (nSPS) is 15.2. The molecule has 6 heteroatoms.